The highest BCUT2D eigenvalue weighted by atomic mass is 32.2. The summed E-state index contributed by atoms with van der Waals surface area (Å²) >= 11 is 0. The SMILES string of the molecule is Cc1c(NC(=O)C2CCCN(S(C)(=O)=O)C2)c(=O)n(-c2ccccc2)n1C. The molecule has 2 aromatic rings. The van der Waals surface area contributed by atoms with E-state index in [4.69, 9.17) is 0 Å². The zero-order chi connectivity index (χ0) is 19.8. The van der Waals surface area contributed by atoms with Gasteiger partial charge in [-0.2, -0.15) is 0 Å². The van der Waals surface area contributed by atoms with Crippen LogP contribution in [0.4, 0.5) is 5.69 Å². The van der Waals surface area contributed by atoms with E-state index in [2.05, 4.69) is 5.32 Å². The molecule has 1 atom stereocenters. The molecule has 3 rings (SSSR count). The van der Waals surface area contributed by atoms with Crippen LogP contribution in [-0.2, 0) is 21.9 Å². The lowest BCUT2D eigenvalue weighted by Crippen LogP contribution is -2.43. The number of hydrogen-bond donors (Lipinski definition) is 1. The highest BCUT2D eigenvalue weighted by Gasteiger charge is 2.31. The maximum Gasteiger partial charge on any atom is 0.295 e. The Morgan fingerprint density at radius 3 is 2.52 bits per heavy atom. The number of nitrogens with one attached hydrogen (secondary N) is 1. The van der Waals surface area contributed by atoms with Crippen molar-refractivity contribution in [3.63, 3.8) is 0 Å². The summed E-state index contributed by atoms with van der Waals surface area (Å²) in [6.45, 7) is 2.33. The number of sulfonamides is 1. The number of hydrogen-bond acceptors (Lipinski definition) is 4. The Balaban J connectivity index is 1.86. The van der Waals surface area contributed by atoms with Crippen molar-refractivity contribution in [1.82, 2.24) is 13.7 Å². The number of benzene rings is 1. The molecule has 1 amide bonds. The lowest BCUT2D eigenvalue weighted by Gasteiger charge is -2.29. The summed E-state index contributed by atoms with van der Waals surface area (Å²) in [6.07, 6.45) is 2.36. The van der Waals surface area contributed by atoms with Crippen molar-refractivity contribution in [2.45, 2.75) is 19.8 Å². The van der Waals surface area contributed by atoms with Gasteiger partial charge in [0.25, 0.3) is 5.56 Å². The van der Waals surface area contributed by atoms with Crippen LogP contribution in [0.15, 0.2) is 35.1 Å². The molecule has 146 valence electrons. The molecule has 0 radical (unpaired) electrons. The molecule has 0 aliphatic carbocycles. The first-order chi connectivity index (χ1) is 12.7. The van der Waals surface area contributed by atoms with E-state index >= 15 is 0 Å². The molecular weight excluding hydrogens is 368 g/mol. The van der Waals surface area contributed by atoms with Crippen LogP contribution in [0.5, 0.6) is 0 Å². The standard InChI is InChI=1S/C18H24N4O4S/c1-13-16(18(24)22(20(13)2)15-9-5-4-6-10-15)19-17(23)14-8-7-11-21(12-14)27(3,25)26/h4-6,9-10,14H,7-8,11-12H2,1-3H3,(H,19,23). The first-order valence-electron chi connectivity index (χ1n) is 8.80. The molecule has 1 saturated heterocycles. The third-order valence-electron chi connectivity index (χ3n) is 5.03. The van der Waals surface area contributed by atoms with Crippen LogP contribution in [0.1, 0.15) is 18.5 Å². The minimum atomic E-state index is -3.34. The fraction of sp³-hybridized carbons (Fsp3) is 0.444. The molecule has 27 heavy (non-hydrogen) atoms. The second kappa shape index (κ2) is 7.32. The number of aromatic nitrogens is 2. The van der Waals surface area contributed by atoms with Crippen molar-refractivity contribution < 1.29 is 13.2 Å². The number of rotatable bonds is 4. The van der Waals surface area contributed by atoms with Crippen molar-refractivity contribution in [3.05, 3.63) is 46.4 Å². The number of piperidine rings is 1. The Labute approximate surface area is 158 Å². The maximum atomic E-state index is 12.9. The van der Waals surface area contributed by atoms with Crippen molar-refractivity contribution in [2.24, 2.45) is 13.0 Å². The topological polar surface area (TPSA) is 93.4 Å². The molecule has 1 aromatic carbocycles. The molecule has 0 spiro atoms. The van der Waals surface area contributed by atoms with Gasteiger partial charge in [-0.25, -0.2) is 17.4 Å². The summed E-state index contributed by atoms with van der Waals surface area (Å²) in [6, 6.07) is 9.17. The highest BCUT2D eigenvalue weighted by molar-refractivity contribution is 7.88. The van der Waals surface area contributed by atoms with Gasteiger partial charge in [-0.1, -0.05) is 18.2 Å². The van der Waals surface area contributed by atoms with Gasteiger partial charge in [0.15, 0.2) is 0 Å². The summed E-state index contributed by atoms with van der Waals surface area (Å²) in [5.41, 5.74) is 1.25. The Bertz CT molecular complexity index is 1010. The molecule has 0 saturated carbocycles. The Hall–Kier alpha value is -2.39. The summed E-state index contributed by atoms with van der Waals surface area (Å²) in [7, 11) is -1.58. The van der Waals surface area contributed by atoms with Crippen LogP contribution >= 0.6 is 0 Å². The summed E-state index contributed by atoms with van der Waals surface area (Å²) in [5.74, 6) is -0.799. The van der Waals surface area contributed by atoms with Gasteiger partial charge >= 0.3 is 0 Å². The zero-order valence-corrected chi connectivity index (χ0v) is 16.5. The Kier molecular flexibility index (Phi) is 5.25. The second-order valence-corrected chi connectivity index (χ2v) is 8.87. The van der Waals surface area contributed by atoms with Gasteiger partial charge < -0.3 is 5.32 Å². The third kappa shape index (κ3) is 3.84. The van der Waals surface area contributed by atoms with Crippen molar-refractivity contribution in [3.8, 4) is 5.69 Å². The van der Waals surface area contributed by atoms with Crippen molar-refractivity contribution >= 4 is 21.6 Å². The monoisotopic (exact) mass is 392 g/mol. The summed E-state index contributed by atoms with van der Waals surface area (Å²) in [4.78, 5) is 25.6. The number of carbonyl (C=O) groups excluding carboxylic acids is 1. The number of amides is 1. The van der Waals surface area contributed by atoms with Crippen LogP contribution < -0.4 is 10.9 Å². The van der Waals surface area contributed by atoms with E-state index < -0.39 is 15.9 Å². The van der Waals surface area contributed by atoms with Crippen LogP contribution in [0.3, 0.4) is 0 Å². The maximum absolute atomic E-state index is 12.9. The van der Waals surface area contributed by atoms with Crippen LogP contribution in [0, 0.1) is 12.8 Å². The fourth-order valence-electron chi connectivity index (χ4n) is 3.40. The molecule has 1 aliphatic heterocycles. The first kappa shape index (κ1) is 19.4. The van der Waals surface area contributed by atoms with Crippen LogP contribution in [0.25, 0.3) is 5.69 Å². The van der Waals surface area contributed by atoms with Gasteiger partial charge in [-0.05, 0) is 31.9 Å². The molecule has 1 unspecified atom stereocenters. The van der Waals surface area contributed by atoms with Gasteiger partial charge in [0.1, 0.15) is 5.69 Å². The molecule has 1 aromatic heterocycles. The predicted molar refractivity (Wildman–Crippen MR) is 104 cm³/mol. The predicted octanol–water partition coefficient (Wildman–Crippen LogP) is 1.09. The van der Waals surface area contributed by atoms with E-state index in [0.29, 0.717) is 30.8 Å². The van der Waals surface area contributed by atoms with Crippen molar-refractivity contribution in [1.29, 1.82) is 0 Å². The second-order valence-electron chi connectivity index (χ2n) is 6.89. The number of nitrogens with zero attached hydrogens (tertiary/aromatic N) is 3. The Morgan fingerprint density at radius 2 is 1.89 bits per heavy atom. The minimum absolute atomic E-state index is 0.142. The molecule has 1 aliphatic rings. The molecule has 8 nitrogen and oxygen atoms in total. The molecule has 2 heterocycles. The van der Waals surface area contributed by atoms with Gasteiger partial charge in [-0.15, -0.1) is 0 Å². The van der Waals surface area contributed by atoms with Gasteiger partial charge in [0.2, 0.25) is 15.9 Å². The smallest absolute Gasteiger partial charge is 0.295 e. The molecular formula is C18H24N4O4S. The van der Waals surface area contributed by atoms with Crippen LogP contribution in [-0.4, -0.2) is 47.3 Å². The lowest BCUT2D eigenvalue weighted by molar-refractivity contribution is -0.120. The fourth-order valence-corrected chi connectivity index (χ4v) is 4.31. The quantitative estimate of drug-likeness (QED) is 0.843. The van der Waals surface area contributed by atoms with E-state index in [9.17, 15) is 18.0 Å². The van der Waals surface area contributed by atoms with Crippen molar-refractivity contribution in [2.75, 3.05) is 24.7 Å². The summed E-state index contributed by atoms with van der Waals surface area (Å²) < 4.78 is 28.0. The first-order valence-corrected chi connectivity index (χ1v) is 10.6. The molecule has 1 fully saturated rings. The highest BCUT2D eigenvalue weighted by Crippen LogP contribution is 2.21. The van der Waals surface area contributed by atoms with E-state index in [-0.39, 0.29) is 23.7 Å². The van der Waals surface area contributed by atoms with Gasteiger partial charge in [0.05, 0.1) is 23.6 Å². The number of carbonyl (C=O) groups is 1. The zero-order valence-electron chi connectivity index (χ0n) is 15.7. The molecule has 0 bridgehead atoms. The summed E-state index contributed by atoms with van der Waals surface area (Å²) in [5, 5.41) is 2.74. The average molecular weight is 392 g/mol. The number of para-hydroxylation sites is 1. The van der Waals surface area contributed by atoms with Gasteiger partial charge in [-0.3, -0.25) is 14.3 Å². The van der Waals surface area contributed by atoms with E-state index in [0.717, 1.165) is 6.26 Å². The Morgan fingerprint density at radius 1 is 1.22 bits per heavy atom. The van der Waals surface area contributed by atoms with E-state index in [1.165, 1.54) is 8.99 Å². The van der Waals surface area contributed by atoms with E-state index in [1.54, 1.807) is 18.7 Å². The molecule has 1 N–H and O–H groups in total. The molecule has 9 heteroatoms. The largest absolute Gasteiger partial charge is 0.320 e. The number of anilines is 1. The van der Waals surface area contributed by atoms with Crippen LogP contribution in [0.2, 0.25) is 0 Å². The van der Waals surface area contributed by atoms with E-state index in [1.807, 2.05) is 30.3 Å². The average Bonchev–Trinajstić information content (AvgIpc) is 2.85. The third-order valence-corrected chi connectivity index (χ3v) is 6.30. The normalized spacial score (nSPS) is 18.4. The van der Waals surface area contributed by atoms with Gasteiger partial charge in [0, 0.05) is 20.1 Å². The lowest BCUT2D eigenvalue weighted by atomic mass is 9.99. The minimum Gasteiger partial charge on any atom is -0.320 e.